The van der Waals surface area contributed by atoms with Gasteiger partial charge in [-0.1, -0.05) is 6.92 Å². The van der Waals surface area contributed by atoms with Crippen molar-refractivity contribution in [3.05, 3.63) is 23.7 Å². The molecule has 3 N–H and O–H groups in total. The quantitative estimate of drug-likeness (QED) is 0.779. The molecule has 0 aliphatic carbocycles. The van der Waals surface area contributed by atoms with Gasteiger partial charge in [0.1, 0.15) is 5.76 Å². The van der Waals surface area contributed by atoms with E-state index in [0.717, 1.165) is 12.2 Å². The molecular weight excluding hydrogens is 214 g/mol. The molecule has 84 valence electrons. The van der Waals surface area contributed by atoms with Crippen LogP contribution in [0.1, 0.15) is 29.7 Å². The SMILES string of the molecule is CCC(N)CSCc1ccc(C(=O)O)o1. The first-order chi connectivity index (χ1) is 7.13. The van der Waals surface area contributed by atoms with Crippen LogP contribution in [0.4, 0.5) is 0 Å². The van der Waals surface area contributed by atoms with Gasteiger partial charge in [-0.25, -0.2) is 4.79 Å². The molecule has 0 amide bonds. The third-order valence-corrected chi connectivity index (χ3v) is 3.13. The number of nitrogens with two attached hydrogens (primary N) is 1. The molecular formula is C10H15NO3S. The smallest absolute Gasteiger partial charge is 0.371 e. The van der Waals surface area contributed by atoms with E-state index in [0.29, 0.717) is 11.5 Å². The fourth-order valence-corrected chi connectivity index (χ4v) is 2.01. The molecule has 1 aromatic rings. The van der Waals surface area contributed by atoms with Gasteiger partial charge >= 0.3 is 5.97 Å². The topological polar surface area (TPSA) is 76.5 Å². The normalized spacial score (nSPS) is 12.7. The summed E-state index contributed by atoms with van der Waals surface area (Å²) in [6.45, 7) is 2.04. The number of hydrogen-bond donors (Lipinski definition) is 2. The molecule has 0 aliphatic rings. The summed E-state index contributed by atoms with van der Waals surface area (Å²) >= 11 is 1.65. The average molecular weight is 229 g/mol. The lowest BCUT2D eigenvalue weighted by atomic mass is 10.3. The Morgan fingerprint density at radius 3 is 2.93 bits per heavy atom. The molecule has 15 heavy (non-hydrogen) atoms. The molecule has 0 saturated heterocycles. The Morgan fingerprint density at radius 2 is 2.40 bits per heavy atom. The Balaban J connectivity index is 2.35. The molecule has 0 radical (unpaired) electrons. The van der Waals surface area contributed by atoms with Crippen LogP contribution in [0.15, 0.2) is 16.5 Å². The fraction of sp³-hybridized carbons (Fsp3) is 0.500. The molecule has 0 fully saturated rings. The highest BCUT2D eigenvalue weighted by Crippen LogP contribution is 2.16. The summed E-state index contributed by atoms with van der Waals surface area (Å²) in [5.41, 5.74) is 5.74. The molecule has 0 spiro atoms. The molecule has 0 aromatic carbocycles. The van der Waals surface area contributed by atoms with E-state index >= 15 is 0 Å². The van der Waals surface area contributed by atoms with Crippen molar-refractivity contribution in [2.75, 3.05) is 5.75 Å². The highest BCUT2D eigenvalue weighted by atomic mass is 32.2. The maximum absolute atomic E-state index is 10.5. The number of carboxylic acid groups (broad SMARTS) is 1. The van der Waals surface area contributed by atoms with Crippen molar-refractivity contribution in [2.45, 2.75) is 25.1 Å². The van der Waals surface area contributed by atoms with Crippen molar-refractivity contribution in [1.29, 1.82) is 0 Å². The van der Waals surface area contributed by atoms with Gasteiger partial charge in [-0.15, -0.1) is 0 Å². The zero-order valence-electron chi connectivity index (χ0n) is 8.60. The molecule has 1 rings (SSSR count). The summed E-state index contributed by atoms with van der Waals surface area (Å²) in [4.78, 5) is 10.5. The minimum Gasteiger partial charge on any atom is -0.475 e. The molecule has 1 heterocycles. The lowest BCUT2D eigenvalue weighted by Gasteiger charge is -2.06. The Hall–Kier alpha value is -0.940. The van der Waals surface area contributed by atoms with Gasteiger partial charge in [-0.3, -0.25) is 0 Å². The molecule has 0 bridgehead atoms. The van der Waals surface area contributed by atoms with Crippen molar-refractivity contribution in [3.63, 3.8) is 0 Å². The number of hydrogen-bond acceptors (Lipinski definition) is 4. The van der Waals surface area contributed by atoms with Crippen molar-refractivity contribution in [1.82, 2.24) is 0 Å². The van der Waals surface area contributed by atoms with Gasteiger partial charge in [-0.2, -0.15) is 11.8 Å². The van der Waals surface area contributed by atoms with Crippen molar-refractivity contribution >= 4 is 17.7 Å². The average Bonchev–Trinajstić information content (AvgIpc) is 2.66. The number of furan rings is 1. The molecule has 4 nitrogen and oxygen atoms in total. The standard InChI is InChI=1S/C10H15NO3S/c1-2-7(11)5-15-6-8-3-4-9(14-8)10(12)13/h3-4,7H,2,5-6,11H2,1H3,(H,12,13). The summed E-state index contributed by atoms with van der Waals surface area (Å²) in [6.07, 6.45) is 0.950. The van der Waals surface area contributed by atoms with Crippen molar-refractivity contribution in [2.24, 2.45) is 5.73 Å². The van der Waals surface area contributed by atoms with E-state index in [1.807, 2.05) is 6.92 Å². The summed E-state index contributed by atoms with van der Waals surface area (Å²) in [5, 5.41) is 8.63. The van der Waals surface area contributed by atoms with Gasteiger partial charge in [0.25, 0.3) is 0 Å². The Bertz CT molecular complexity index is 324. The Kier molecular flexibility index (Phi) is 4.71. The predicted octanol–water partition coefficient (Wildman–Crippen LogP) is 1.95. The van der Waals surface area contributed by atoms with Crippen LogP contribution in [-0.4, -0.2) is 22.9 Å². The number of thioether (sulfide) groups is 1. The van der Waals surface area contributed by atoms with Crippen molar-refractivity contribution in [3.8, 4) is 0 Å². The van der Waals surface area contributed by atoms with E-state index in [1.165, 1.54) is 6.07 Å². The number of aromatic carboxylic acids is 1. The third-order valence-electron chi connectivity index (χ3n) is 1.97. The van der Waals surface area contributed by atoms with E-state index in [2.05, 4.69) is 0 Å². The maximum Gasteiger partial charge on any atom is 0.371 e. The first-order valence-corrected chi connectivity index (χ1v) is 5.94. The van der Waals surface area contributed by atoms with Crippen LogP contribution in [-0.2, 0) is 5.75 Å². The second-order valence-electron chi connectivity index (χ2n) is 3.25. The van der Waals surface area contributed by atoms with E-state index < -0.39 is 5.97 Å². The van der Waals surface area contributed by atoms with Gasteiger partial charge in [0.2, 0.25) is 5.76 Å². The molecule has 1 aromatic heterocycles. The number of carbonyl (C=O) groups is 1. The minimum atomic E-state index is -1.03. The second kappa shape index (κ2) is 5.82. The predicted molar refractivity (Wildman–Crippen MR) is 60.1 cm³/mol. The zero-order valence-corrected chi connectivity index (χ0v) is 9.42. The Labute approximate surface area is 92.8 Å². The first kappa shape index (κ1) is 12.1. The van der Waals surface area contributed by atoms with Gasteiger partial charge in [0.15, 0.2) is 0 Å². The highest BCUT2D eigenvalue weighted by Gasteiger charge is 2.09. The molecule has 0 saturated carbocycles. The van der Waals surface area contributed by atoms with E-state index in [4.69, 9.17) is 15.3 Å². The van der Waals surface area contributed by atoms with Crippen LogP contribution < -0.4 is 5.73 Å². The number of rotatable bonds is 6. The van der Waals surface area contributed by atoms with Gasteiger partial charge in [0, 0.05) is 11.8 Å². The van der Waals surface area contributed by atoms with Crippen LogP contribution in [0.2, 0.25) is 0 Å². The second-order valence-corrected chi connectivity index (χ2v) is 4.28. The highest BCUT2D eigenvalue weighted by molar-refractivity contribution is 7.98. The summed E-state index contributed by atoms with van der Waals surface area (Å²) in [5.74, 6) is 1.17. The minimum absolute atomic E-state index is 0.00890. The Morgan fingerprint density at radius 1 is 1.67 bits per heavy atom. The molecule has 0 aliphatic heterocycles. The lowest BCUT2D eigenvalue weighted by Crippen LogP contribution is -2.21. The summed E-state index contributed by atoms with van der Waals surface area (Å²) < 4.78 is 5.10. The summed E-state index contributed by atoms with van der Waals surface area (Å²) in [7, 11) is 0. The maximum atomic E-state index is 10.5. The fourth-order valence-electron chi connectivity index (χ4n) is 0.999. The monoisotopic (exact) mass is 229 g/mol. The van der Waals surface area contributed by atoms with Gasteiger partial charge in [-0.05, 0) is 18.6 Å². The van der Waals surface area contributed by atoms with Crippen LogP contribution in [0.5, 0.6) is 0 Å². The molecule has 1 atom stereocenters. The van der Waals surface area contributed by atoms with Gasteiger partial charge < -0.3 is 15.3 Å². The van der Waals surface area contributed by atoms with E-state index in [9.17, 15) is 4.79 Å². The van der Waals surface area contributed by atoms with E-state index in [-0.39, 0.29) is 11.8 Å². The molecule has 5 heteroatoms. The lowest BCUT2D eigenvalue weighted by molar-refractivity contribution is 0.0661. The zero-order chi connectivity index (χ0) is 11.3. The molecule has 1 unspecified atom stereocenters. The van der Waals surface area contributed by atoms with Crippen molar-refractivity contribution < 1.29 is 14.3 Å². The third kappa shape index (κ3) is 3.97. The van der Waals surface area contributed by atoms with Gasteiger partial charge in [0.05, 0.1) is 5.75 Å². The summed E-state index contributed by atoms with van der Waals surface area (Å²) in [6, 6.07) is 3.36. The van der Waals surface area contributed by atoms with Crippen LogP contribution >= 0.6 is 11.8 Å². The van der Waals surface area contributed by atoms with E-state index in [1.54, 1.807) is 17.8 Å². The number of carboxylic acids is 1. The largest absolute Gasteiger partial charge is 0.475 e. The van der Waals surface area contributed by atoms with Crippen LogP contribution in [0, 0.1) is 0 Å². The first-order valence-electron chi connectivity index (χ1n) is 4.78. The van der Waals surface area contributed by atoms with Crippen LogP contribution in [0.3, 0.4) is 0 Å². The van der Waals surface area contributed by atoms with Crippen LogP contribution in [0.25, 0.3) is 0 Å².